The quantitative estimate of drug-likeness (QED) is 0.503. The molecule has 3 aromatic carbocycles. The number of fused-ring (bicyclic) bond motifs is 1. The highest BCUT2D eigenvalue weighted by Gasteiger charge is 2.14. The van der Waals surface area contributed by atoms with Crippen LogP contribution in [-0.2, 0) is 0 Å². The largest absolute Gasteiger partial charge is 0.345 e. The highest BCUT2D eigenvalue weighted by atomic mass is 16.1. The minimum Gasteiger partial charge on any atom is -0.345 e. The van der Waals surface area contributed by atoms with Crippen LogP contribution in [0.3, 0.4) is 0 Å². The first-order valence-electron chi connectivity index (χ1n) is 9.43. The smallest absolute Gasteiger partial charge is 0.251 e. The van der Waals surface area contributed by atoms with E-state index in [-0.39, 0.29) is 11.9 Å². The fourth-order valence-electron chi connectivity index (χ4n) is 3.58. The van der Waals surface area contributed by atoms with Crippen molar-refractivity contribution in [1.29, 1.82) is 0 Å². The van der Waals surface area contributed by atoms with Crippen LogP contribution in [0.15, 0.2) is 85.2 Å². The van der Waals surface area contributed by atoms with Crippen molar-refractivity contribution in [2.24, 2.45) is 0 Å². The summed E-state index contributed by atoms with van der Waals surface area (Å²) in [6.45, 7) is 4.06. The molecule has 0 aliphatic heterocycles. The van der Waals surface area contributed by atoms with Gasteiger partial charge in [0.15, 0.2) is 0 Å². The van der Waals surface area contributed by atoms with Crippen LogP contribution in [0.4, 0.5) is 0 Å². The Hall–Kier alpha value is -3.46. The molecule has 1 heterocycles. The number of carbonyl (C=O) groups excluding carboxylic acids is 1. The summed E-state index contributed by atoms with van der Waals surface area (Å²) in [4.78, 5) is 16.9. The third kappa shape index (κ3) is 3.52. The van der Waals surface area contributed by atoms with Crippen LogP contribution < -0.4 is 5.32 Å². The van der Waals surface area contributed by atoms with Crippen LogP contribution in [0.25, 0.3) is 21.9 Å². The predicted octanol–water partition coefficient (Wildman–Crippen LogP) is 5.70. The van der Waals surface area contributed by atoms with Gasteiger partial charge in [-0.3, -0.25) is 9.78 Å². The number of nitrogens with zero attached hydrogens (tertiary/aromatic N) is 1. The summed E-state index contributed by atoms with van der Waals surface area (Å²) in [6, 6.07) is 24.1. The van der Waals surface area contributed by atoms with Crippen molar-refractivity contribution < 1.29 is 4.79 Å². The number of nitrogens with one attached hydrogen (secondary N) is 1. The van der Waals surface area contributed by atoms with E-state index in [1.54, 1.807) is 6.20 Å². The van der Waals surface area contributed by atoms with Gasteiger partial charge in [0, 0.05) is 18.0 Å². The molecule has 0 saturated carbocycles. The Kier molecular flexibility index (Phi) is 4.90. The fourth-order valence-corrected chi connectivity index (χ4v) is 3.58. The Morgan fingerprint density at radius 3 is 2.46 bits per heavy atom. The molecular formula is C25H22N2O. The number of aromatic nitrogens is 1. The predicted molar refractivity (Wildman–Crippen MR) is 114 cm³/mol. The Morgan fingerprint density at radius 2 is 1.68 bits per heavy atom. The fraction of sp³-hybridized carbons (Fsp3) is 0.120. The van der Waals surface area contributed by atoms with Crippen LogP contribution >= 0.6 is 0 Å². The number of rotatable bonds is 4. The molecule has 1 atom stereocenters. The van der Waals surface area contributed by atoms with Crippen LogP contribution in [0, 0.1) is 6.92 Å². The van der Waals surface area contributed by atoms with Gasteiger partial charge < -0.3 is 5.32 Å². The minimum absolute atomic E-state index is 0.0709. The molecule has 0 aliphatic rings. The van der Waals surface area contributed by atoms with Crippen molar-refractivity contribution in [2.75, 3.05) is 0 Å². The maximum Gasteiger partial charge on any atom is 0.251 e. The van der Waals surface area contributed by atoms with Crippen molar-refractivity contribution in [3.63, 3.8) is 0 Å². The molecule has 0 fully saturated rings. The normalized spacial score (nSPS) is 11.9. The van der Waals surface area contributed by atoms with E-state index in [2.05, 4.69) is 34.6 Å². The second-order valence-electron chi connectivity index (χ2n) is 7.03. The lowest BCUT2D eigenvalue weighted by Gasteiger charge is -2.17. The lowest BCUT2D eigenvalue weighted by molar-refractivity contribution is 0.0940. The van der Waals surface area contributed by atoms with Gasteiger partial charge in [-0.2, -0.15) is 0 Å². The highest BCUT2D eigenvalue weighted by molar-refractivity contribution is 5.95. The number of hydrogen-bond acceptors (Lipinski definition) is 2. The monoisotopic (exact) mass is 366 g/mol. The van der Waals surface area contributed by atoms with Crippen molar-refractivity contribution in [3.8, 4) is 11.1 Å². The topological polar surface area (TPSA) is 42.0 Å². The van der Waals surface area contributed by atoms with Gasteiger partial charge in [0.05, 0.1) is 6.04 Å². The maximum absolute atomic E-state index is 12.8. The molecule has 1 N–H and O–H groups in total. The summed E-state index contributed by atoms with van der Waals surface area (Å²) in [5.41, 5.74) is 5.10. The number of pyridine rings is 1. The standard InChI is InChI=1S/C25H22N2O/c1-17-16-26-15-14-22(17)20-10-12-21(13-11-20)25(28)27-18(2)23-9-5-7-19-6-3-4-8-24(19)23/h3-16,18H,1-2H3,(H,27,28)/t18-/m0/s1. The van der Waals surface area contributed by atoms with E-state index in [1.807, 2.05) is 68.6 Å². The summed E-state index contributed by atoms with van der Waals surface area (Å²) in [5, 5.41) is 5.47. The third-order valence-corrected chi connectivity index (χ3v) is 5.12. The van der Waals surface area contributed by atoms with Gasteiger partial charge in [0.1, 0.15) is 0 Å². The zero-order valence-corrected chi connectivity index (χ0v) is 16.0. The number of hydrogen-bond donors (Lipinski definition) is 1. The molecule has 0 unspecified atom stereocenters. The van der Waals surface area contributed by atoms with Crippen molar-refractivity contribution in [2.45, 2.75) is 19.9 Å². The molecule has 0 bridgehead atoms. The lowest BCUT2D eigenvalue weighted by atomic mass is 9.99. The second-order valence-corrected chi connectivity index (χ2v) is 7.03. The van der Waals surface area contributed by atoms with Gasteiger partial charge in [0.25, 0.3) is 5.91 Å². The number of amides is 1. The van der Waals surface area contributed by atoms with E-state index in [0.717, 1.165) is 22.3 Å². The first kappa shape index (κ1) is 17.9. The highest BCUT2D eigenvalue weighted by Crippen LogP contribution is 2.25. The average Bonchev–Trinajstić information content (AvgIpc) is 2.73. The summed E-state index contributed by atoms with van der Waals surface area (Å²) in [6.07, 6.45) is 3.64. The second kappa shape index (κ2) is 7.65. The van der Waals surface area contributed by atoms with E-state index in [9.17, 15) is 4.79 Å². The van der Waals surface area contributed by atoms with Gasteiger partial charge in [-0.1, -0.05) is 54.6 Å². The number of aryl methyl sites for hydroxylation is 1. The molecule has 28 heavy (non-hydrogen) atoms. The molecular weight excluding hydrogens is 344 g/mol. The first-order chi connectivity index (χ1) is 13.6. The van der Waals surface area contributed by atoms with E-state index < -0.39 is 0 Å². The SMILES string of the molecule is Cc1cnccc1-c1ccc(C(=O)N[C@@H](C)c2cccc3ccccc23)cc1. The Balaban J connectivity index is 1.54. The molecule has 3 nitrogen and oxygen atoms in total. The van der Waals surface area contributed by atoms with E-state index >= 15 is 0 Å². The molecule has 4 rings (SSSR count). The van der Waals surface area contributed by atoms with Gasteiger partial charge in [-0.15, -0.1) is 0 Å². The maximum atomic E-state index is 12.8. The zero-order valence-electron chi connectivity index (χ0n) is 16.0. The van der Waals surface area contributed by atoms with Gasteiger partial charge in [-0.05, 0) is 65.1 Å². The van der Waals surface area contributed by atoms with E-state index in [1.165, 1.54) is 10.8 Å². The van der Waals surface area contributed by atoms with Crippen molar-refractivity contribution >= 4 is 16.7 Å². The summed E-state index contributed by atoms with van der Waals surface area (Å²) in [5.74, 6) is -0.0709. The Morgan fingerprint density at radius 1 is 0.929 bits per heavy atom. The Bertz CT molecular complexity index is 1130. The lowest BCUT2D eigenvalue weighted by Crippen LogP contribution is -2.26. The molecule has 0 aliphatic carbocycles. The third-order valence-electron chi connectivity index (χ3n) is 5.12. The first-order valence-corrected chi connectivity index (χ1v) is 9.43. The van der Waals surface area contributed by atoms with Crippen molar-refractivity contribution in [3.05, 3.63) is 102 Å². The van der Waals surface area contributed by atoms with E-state index in [0.29, 0.717) is 5.56 Å². The van der Waals surface area contributed by atoms with Gasteiger partial charge in [0.2, 0.25) is 0 Å². The van der Waals surface area contributed by atoms with Gasteiger partial charge in [-0.25, -0.2) is 0 Å². The zero-order chi connectivity index (χ0) is 19.5. The number of benzene rings is 3. The van der Waals surface area contributed by atoms with Crippen LogP contribution in [0.5, 0.6) is 0 Å². The summed E-state index contributed by atoms with van der Waals surface area (Å²) in [7, 11) is 0. The molecule has 138 valence electrons. The van der Waals surface area contributed by atoms with Crippen LogP contribution in [0.2, 0.25) is 0 Å². The van der Waals surface area contributed by atoms with Crippen molar-refractivity contribution in [1.82, 2.24) is 10.3 Å². The molecule has 1 amide bonds. The molecule has 0 radical (unpaired) electrons. The van der Waals surface area contributed by atoms with Gasteiger partial charge >= 0.3 is 0 Å². The molecule has 4 aromatic rings. The van der Waals surface area contributed by atoms with Crippen LogP contribution in [0.1, 0.15) is 34.5 Å². The van der Waals surface area contributed by atoms with E-state index in [4.69, 9.17) is 0 Å². The molecule has 0 spiro atoms. The summed E-state index contributed by atoms with van der Waals surface area (Å²) < 4.78 is 0. The minimum atomic E-state index is -0.0827. The molecule has 1 aromatic heterocycles. The molecule has 0 saturated heterocycles. The summed E-state index contributed by atoms with van der Waals surface area (Å²) >= 11 is 0. The average molecular weight is 366 g/mol. The van der Waals surface area contributed by atoms with Crippen LogP contribution in [-0.4, -0.2) is 10.9 Å². The molecule has 3 heteroatoms. The number of carbonyl (C=O) groups is 1. The Labute approximate surface area is 165 Å².